The van der Waals surface area contributed by atoms with E-state index in [1.165, 1.54) is 24.0 Å². The Morgan fingerprint density at radius 3 is 2.46 bits per heavy atom. The van der Waals surface area contributed by atoms with E-state index >= 15 is 0 Å². The molecular formula is C23H25NO4. The van der Waals surface area contributed by atoms with Crippen molar-refractivity contribution < 1.29 is 19.3 Å². The van der Waals surface area contributed by atoms with Gasteiger partial charge in [-0.25, -0.2) is 0 Å². The summed E-state index contributed by atoms with van der Waals surface area (Å²) in [5, 5.41) is 11.0. The zero-order valence-electron chi connectivity index (χ0n) is 16.5. The van der Waals surface area contributed by atoms with Crippen molar-refractivity contribution in [3.8, 4) is 34.1 Å². The Balaban J connectivity index is 1.81. The largest absolute Gasteiger partial charge is 0.504 e. The summed E-state index contributed by atoms with van der Waals surface area (Å²) < 4.78 is 16.5. The van der Waals surface area contributed by atoms with E-state index < -0.39 is 0 Å². The molecule has 0 radical (unpaired) electrons. The maximum absolute atomic E-state index is 11.0. The molecule has 1 saturated heterocycles. The Hall–Kier alpha value is -2.66. The molecule has 5 rings (SSSR count). The van der Waals surface area contributed by atoms with Crippen molar-refractivity contribution in [3.63, 3.8) is 0 Å². The molecular weight excluding hydrogens is 354 g/mol. The average molecular weight is 379 g/mol. The quantitative estimate of drug-likeness (QED) is 0.872. The first kappa shape index (κ1) is 17.4. The Kier molecular flexibility index (Phi) is 4.02. The number of hydrogen-bond acceptors (Lipinski definition) is 5. The van der Waals surface area contributed by atoms with Gasteiger partial charge in [0.25, 0.3) is 0 Å². The highest BCUT2D eigenvalue weighted by Gasteiger charge is 2.39. The molecule has 0 saturated carbocycles. The molecule has 2 aliphatic heterocycles. The Bertz CT molecular complexity index is 981. The highest BCUT2D eigenvalue weighted by molar-refractivity contribution is 5.96. The SMILES string of the molecule is COc1cc2c(cc1OC)[C@H]1CN3CCC[C@H]3C=C1c1ccc(OC)c(O)c1-2. The molecule has 146 valence electrons. The van der Waals surface area contributed by atoms with Gasteiger partial charge in [-0.15, -0.1) is 0 Å². The van der Waals surface area contributed by atoms with Crippen molar-refractivity contribution in [2.24, 2.45) is 0 Å². The van der Waals surface area contributed by atoms with Gasteiger partial charge in [0.15, 0.2) is 23.0 Å². The molecule has 0 bridgehead atoms. The first-order valence-electron chi connectivity index (χ1n) is 9.78. The second-order valence-electron chi connectivity index (χ2n) is 7.71. The monoisotopic (exact) mass is 379 g/mol. The van der Waals surface area contributed by atoms with E-state index in [2.05, 4.69) is 23.1 Å². The van der Waals surface area contributed by atoms with Crippen LogP contribution in [0.3, 0.4) is 0 Å². The van der Waals surface area contributed by atoms with Gasteiger partial charge >= 0.3 is 0 Å². The number of ether oxygens (including phenoxy) is 3. The smallest absolute Gasteiger partial charge is 0.166 e. The molecule has 5 nitrogen and oxygen atoms in total. The van der Waals surface area contributed by atoms with Crippen LogP contribution in [0.2, 0.25) is 0 Å². The van der Waals surface area contributed by atoms with Crippen LogP contribution in [0.15, 0.2) is 30.3 Å². The summed E-state index contributed by atoms with van der Waals surface area (Å²) in [5.41, 5.74) is 5.38. The number of aromatic hydroxyl groups is 1. The summed E-state index contributed by atoms with van der Waals surface area (Å²) in [6.45, 7) is 2.14. The Morgan fingerprint density at radius 2 is 1.71 bits per heavy atom. The number of fused-ring (bicyclic) bond motifs is 7. The van der Waals surface area contributed by atoms with Gasteiger partial charge in [0.1, 0.15) is 0 Å². The molecule has 5 heteroatoms. The summed E-state index contributed by atoms with van der Waals surface area (Å²) in [6, 6.07) is 8.49. The third kappa shape index (κ3) is 2.35. The second kappa shape index (κ2) is 6.45. The normalized spacial score (nSPS) is 22.5. The highest BCUT2D eigenvalue weighted by Crippen LogP contribution is 2.56. The van der Waals surface area contributed by atoms with Crippen LogP contribution in [0, 0.1) is 0 Å². The van der Waals surface area contributed by atoms with Crippen molar-refractivity contribution in [1.82, 2.24) is 4.90 Å². The first-order chi connectivity index (χ1) is 13.7. The summed E-state index contributed by atoms with van der Waals surface area (Å²) >= 11 is 0. The molecule has 2 aromatic rings. The molecule has 1 aliphatic carbocycles. The number of nitrogens with zero attached hydrogens (tertiary/aromatic N) is 1. The van der Waals surface area contributed by atoms with Gasteiger partial charge in [0, 0.05) is 24.1 Å². The van der Waals surface area contributed by atoms with Crippen LogP contribution in [-0.4, -0.2) is 50.5 Å². The van der Waals surface area contributed by atoms with E-state index in [1.807, 2.05) is 12.1 Å². The maximum atomic E-state index is 11.0. The predicted octanol–water partition coefficient (Wildman–Crippen LogP) is 4.04. The lowest BCUT2D eigenvalue weighted by molar-refractivity contribution is 0.273. The van der Waals surface area contributed by atoms with Crippen LogP contribution in [0.1, 0.15) is 29.9 Å². The fourth-order valence-corrected chi connectivity index (χ4v) is 5.12. The molecule has 1 N–H and O–H groups in total. The highest BCUT2D eigenvalue weighted by atomic mass is 16.5. The van der Waals surface area contributed by atoms with Crippen LogP contribution in [0.5, 0.6) is 23.0 Å². The molecule has 3 aliphatic rings. The zero-order chi connectivity index (χ0) is 19.4. The van der Waals surface area contributed by atoms with E-state index in [9.17, 15) is 5.11 Å². The molecule has 2 atom stereocenters. The van der Waals surface area contributed by atoms with Gasteiger partial charge in [-0.2, -0.15) is 0 Å². The van der Waals surface area contributed by atoms with Crippen molar-refractivity contribution >= 4 is 5.57 Å². The number of phenolic OH excluding ortho intramolecular Hbond substituents is 1. The summed E-state index contributed by atoms with van der Waals surface area (Å²) in [5.74, 6) is 2.30. The van der Waals surface area contributed by atoms with Crippen molar-refractivity contribution in [1.29, 1.82) is 0 Å². The molecule has 1 fully saturated rings. The van der Waals surface area contributed by atoms with Crippen LogP contribution < -0.4 is 14.2 Å². The van der Waals surface area contributed by atoms with Gasteiger partial charge in [0.05, 0.1) is 21.3 Å². The van der Waals surface area contributed by atoms with E-state index in [0.29, 0.717) is 17.5 Å². The molecule has 2 aromatic carbocycles. The molecule has 0 unspecified atom stereocenters. The molecule has 0 amide bonds. The fraction of sp³-hybridized carbons (Fsp3) is 0.391. The number of phenols is 1. The van der Waals surface area contributed by atoms with Gasteiger partial charge in [-0.05, 0) is 59.8 Å². The number of hydrogen-bond donors (Lipinski definition) is 1. The predicted molar refractivity (Wildman–Crippen MR) is 109 cm³/mol. The van der Waals surface area contributed by atoms with E-state index in [4.69, 9.17) is 14.2 Å². The van der Waals surface area contributed by atoms with Crippen LogP contribution >= 0.6 is 0 Å². The van der Waals surface area contributed by atoms with Crippen LogP contribution in [0.4, 0.5) is 0 Å². The zero-order valence-corrected chi connectivity index (χ0v) is 16.5. The average Bonchev–Trinajstić information content (AvgIpc) is 3.19. The minimum absolute atomic E-state index is 0.182. The maximum Gasteiger partial charge on any atom is 0.166 e. The lowest BCUT2D eigenvalue weighted by atomic mass is 9.72. The third-order valence-corrected chi connectivity index (χ3v) is 6.45. The summed E-state index contributed by atoms with van der Waals surface area (Å²) in [4.78, 5) is 2.57. The summed E-state index contributed by atoms with van der Waals surface area (Å²) in [7, 11) is 4.88. The topological polar surface area (TPSA) is 51.2 Å². The van der Waals surface area contributed by atoms with Crippen molar-refractivity contribution in [3.05, 3.63) is 41.5 Å². The van der Waals surface area contributed by atoms with E-state index in [-0.39, 0.29) is 11.7 Å². The lowest BCUT2D eigenvalue weighted by Gasteiger charge is -2.40. The summed E-state index contributed by atoms with van der Waals surface area (Å²) in [6.07, 6.45) is 4.85. The minimum Gasteiger partial charge on any atom is -0.504 e. The Labute approximate surface area is 165 Å². The van der Waals surface area contributed by atoms with Crippen LogP contribution in [-0.2, 0) is 0 Å². The molecule has 2 heterocycles. The van der Waals surface area contributed by atoms with Gasteiger partial charge in [-0.3, -0.25) is 4.90 Å². The van der Waals surface area contributed by atoms with Crippen molar-refractivity contribution in [2.75, 3.05) is 34.4 Å². The third-order valence-electron chi connectivity index (χ3n) is 6.45. The van der Waals surface area contributed by atoms with Crippen molar-refractivity contribution in [2.45, 2.75) is 24.8 Å². The number of rotatable bonds is 3. The van der Waals surface area contributed by atoms with Crippen LogP contribution in [0.25, 0.3) is 16.7 Å². The van der Waals surface area contributed by atoms with E-state index in [1.54, 1.807) is 21.3 Å². The Morgan fingerprint density at radius 1 is 0.964 bits per heavy atom. The number of methoxy groups -OCH3 is 3. The fourth-order valence-electron chi connectivity index (χ4n) is 5.12. The minimum atomic E-state index is 0.182. The standard InChI is InChI=1S/C23H25NO4/c1-26-19-7-6-14-15-9-13-5-4-8-24(13)12-18(15)16-10-20(27-2)21(28-3)11-17(16)22(14)23(19)25/h6-7,9-11,13,18,25H,4-5,8,12H2,1-3H3/t13-,18-/m0/s1. The number of benzene rings is 2. The van der Waals surface area contributed by atoms with Gasteiger partial charge in [0.2, 0.25) is 0 Å². The second-order valence-corrected chi connectivity index (χ2v) is 7.71. The van der Waals surface area contributed by atoms with Gasteiger partial charge < -0.3 is 19.3 Å². The first-order valence-corrected chi connectivity index (χ1v) is 9.78. The lowest BCUT2D eigenvalue weighted by Crippen LogP contribution is -2.37. The van der Waals surface area contributed by atoms with E-state index in [0.717, 1.165) is 35.5 Å². The molecule has 0 aromatic heterocycles. The molecule has 28 heavy (non-hydrogen) atoms. The molecule has 0 spiro atoms. The van der Waals surface area contributed by atoms with Gasteiger partial charge in [-0.1, -0.05) is 12.1 Å².